The lowest BCUT2D eigenvalue weighted by Crippen LogP contribution is -2.13. The Labute approximate surface area is 109 Å². The second-order valence-corrected chi connectivity index (χ2v) is 4.35. The Morgan fingerprint density at radius 1 is 1.06 bits per heavy atom. The lowest BCUT2D eigenvalue weighted by Gasteiger charge is -2.14. The van der Waals surface area contributed by atoms with E-state index in [0.717, 1.165) is 12.1 Å². The van der Waals surface area contributed by atoms with E-state index in [1.165, 1.54) is 11.1 Å². The highest BCUT2D eigenvalue weighted by molar-refractivity contribution is 5.54. The number of anilines is 1. The van der Waals surface area contributed by atoms with Crippen LogP contribution in [0, 0.1) is 12.3 Å². The van der Waals surface area contributed by atoms with Gasteiger partial charge in [-0.1, -0.05) is 54.5 Å². The summed E-state index contributed by atoms with van der Waals surface area (Å²) in [5.41, 5.74) is 3.69. The van der Waals surface area contributed by atoms with Gasteiger partial charge in [0.2, 0.25) is 0 Å². The van der Waals surface area contributed by atoms with Gasteiger partial charge in [-0.05, 0) is 30.5 Å². The zero-order valence-electron chi connectivity index (χ0n) is 10.6. The molecular weight excluding hydrogens is 218 g/mol. The summed E-state index contributed by atoms with van der Waals surface area (Å²) >= 11 is 0. The van der Waals surface area contributed by atoms with Crippen molar-refractivity contribution < 1.29 is 0 Å². The molecule has 0 aromatic heterocycles. The fraction of sp³-hybridized carbons (Fsp3) is 0.176. The maximum atomic E-state index is 5.41. The molecule has 0 aliphatic heterocycles. The molecule has 0 aliphatic carbocycles. The van der Waals surface area contributed by atoms with Crippen molar-refractivity contribution in [2.75, 3.05) is 5.32 Å². The van der Waals surface area contributed by atoms with Crippen molar-refractivity contribution in [3.63, 3.8) is 0 Å². The van der Waals surface area contributed by atoms with Crippen molar-refractivity contribution in [3.05, 3.63) is 65.7 Å². The van der Waals surface area contributed by atoms with Crippen LogP contribution in [0.4, 0.5) is 5.69 Å². The first-order valence-corrected chi connectivity index (χ1v) is 6.14. The number of rotatable bonds is 4. The molecule has 1 atom stereocenters. The SMILES string of the molecule is C#CC(C)Nc1ccccc1Cc1ccccc1. The minimum absolute atomic E-state index is 0.0434. The van der Waals surface area contributed by atoms with Crippen LogP contribution in [0.25, 0.3) is 0 Å². The van der Waals surface area contributed by atoms with Crippen molar-refractivity contribution in [2.24, 2.45) is 0 Å². The van der Waals surface area contributed by atoms with Crippen LogP contribution in [0.5, 0.6) is 0 Å². The Morgan fingerprint density at radius 2 is 1.72 bits per heavy atom. The summed E-state index contributed by atoms with van der Waals surface area (Å²) < 4.78 is 0. The minimum Gasteiger partial charge on any atom is -0.372 e. The van der Waals surface area contributed by atoms with Crippen LogP contribution in [0.15, 0.2) is 54.6 Å². The van der Waals surface area contributed by atoms with Crippen LogP contribution in [0.3, 0.4) is 0 Å². The number of para-hydroxylation sites is 1. The van der Waals surface area contributed by atoms with E-state index in [2.05, 4.69) is 53.7 Å². The molecule has 0 fully saturated rings. The Kier molecular flexibility index (Phi) is 4.04. The fourth-order valence-corrected chi connectivity index (χ4v) is 1.91. The highest BCUT2D eigenvalue weighted by Gasteiger charge is 2.04. The first-order valence-electron chi connectivity index (χ1n) is 6.14. The third kappa shape index (κ3) is 3.15. The quantitative estimate of drug-likeness (QED) is 0.797. The van der Waals surface area contributed by atoms with Crippen molar-refractivity contribution in [3.8, 4) is 12.3 Å². The van der Waals surface area contributed by atoms with E-state index in [0.29, 0.717) is 0 Å². The molecule has 0 saturated carbocycles. The number of benzene rings is 2. The van der Waals surface area contributed by atoms with Crippen LogP contribution >= 0.6 is 0 Å². The second-order valence-electron chi connectivity index (χ2n) is 4.35. The molecule has 0 saturated heterocycles. The second kappa shape index (κ2) is 5.93. The van der Waals surface area contributed by atoms with E-state index in [1.807, 2.05) is 19.1 Å². The van der Waals surface area contributed by atoms with Gasteiger partial charge in [-0.15, -0.1) is 6.42 Å². The van der Waals surface area contributed by atoms with Gasteiger partial charge < -0.3 is 5.32 Å². The van der Waals surface area contributed by atoms with Gasteiger partial charge in [0, 0.05) is 5.69 Å². The summed E-state index contributed by atoms with van der Waals surface area (Å²) in [4.78, 5) is 0. The highest BCUT2D eigenvalue weighted by Crippen LogP contribution is 2.19. The first-order chi connectivity index (χ1) is 8.79. The topological polar surface area (TPSA) is 12.0 Å². The normalized spacial score (nSPS) is 11.6. The molecule has 0 spiro atoms. The van der Waals surface area contributed by atoms with Crippen LogP contribution in [-0.4, -0.2) is 6.04 Å². The maximum Gasteiger partial charge on any atom is 0.0845 e. The minimum atomic E-state index is 0.0434. The number of nitrogens with one attached hydrogen (secondary N) is 1. The summed E-state index contributed by atoms with van der Waals surface area (Å²) in [7, 11) is 0. The molecule has 2 aromatic carbocycles. The molecule has 0 radical (unpaired) electrons. The predicted molar refractivity (Wildman–Crippen MR) is 77.6 cm³/mol. The molecular formula is C17H17N. The van der Waals surface area contributed by atoms with Gasteiger partial charge >= 0.3 is 0 Å². The van der Waals surface area contributed by atoms with E-state index >= 15 is 0 Å². The van der Waals surface area contributed by atoms with Crippen molar-refractivity contribution in [2.45, 2.75) is 19.4 Å². The van der Waals surface area contributed by atoms with Crippen molar-refractivity contribution >= 4 is 5.69 Å². The van der Waals surface area contributed by atoms with Crippen LogP contribution < -0.4 is 5.32 Å². The molecule has 0 aliphatic rings. The summed E-state index contributed by atoms with van der Waals surface area (Å²) in [6.07, 6.45) is 6.33. The molecule has 1 nitrogen and oxygen atoms in total. The average Bonchev–Trinajstić information content (AvgIpc) is 2.42. The van der Waals surface area contributed by atoms with Gasteiger partial charge in [0.25, 0.3) is 0 Å². The molecule has 1 N–H and O–H groups in total. The average molecular weight is 235 g/mol. The van der Waals surface area contributed by atoms with E-state index in [9.17, 15) is 0 Å². The van der Waals surface area contributed by atoms with Crippen LogP contribution in [-0.2, 0) is 6.42 Å². The zero-order chi connectivity index (χ0) is 12.8. The van der Waals surface area contributed by atoms with Gasteiger partial charge in [-0.3, -0.25) is 0 Å². The molecule has 2 aromatic rings. The molecule has 18 heavy (non-hydrogen) atoms. The summed E-state index contributed by atoms with van der Waals surface area (Å²) in [5, 5.41) is 3.34. The van der Waals surface area contributed by atoms with Gasteiger partial charge in [-0.25, -0.2) is 0 Å². The molecule has 1 unspecified atom stereocenters. The highest BCUT2D eigenvalue weighted by atomic mass is 14.9. The van der Waals surface area contributed by atoms with E-state index < -0.39 is 0 Å². The fourth-order valence-electron chi connectivity index (χ4n) is 1.91. The van der Waals surface area contributed by atoms with Crippen LogP contribution in [0.1, 0.15) is 18.1 Å². The van der Waals surface area contributed by atoms with Gasteiger partial charge in [0.15, 0.2) is 0 Å². The Hall–Kier alpha value is -2.20. The van der Waals surface area contributed by atoms with E-state index in [4.69, 9.17) is 6.42 Å². The maximum absolute atomic E-state index is 5.41. The Balaban J connectivity index is 2.20. The molecule has 0 bridgehead atoms. The van der Waals surface area contributed by atoms with E-state index in [1.54, 1.807) is 0 Å². The molecule has 2 rings (SSSR count). The molecule has 0 heterocycles. The third-order valence-corrected chi connectivity index (χ3v) is 2.88. The smallest absolute Gasteiger partial charge is 0.0845 e. The summed E-state index contributed by atoms with van der Waals surface area (Å²) in [5.74, 6) is 2.69. The lowest BCUT2D eigenvalue weighted by atomic mass is 10.0. The van der Waals surface area contributed by atoms with Gasteiger partial charge in [-0.2, -0.15) is 0 Å². The van der Waals surface area contributed by atoms with Gasteiger partial charge in [0.05, 0.1) is 6.04 Å². The molecule has 90 valence electrons. The van der Waals surface area contributed by atoms with E-state index in [-0.39, 0.29) is 6.04 Å². The van der Waals surface area contributed by atoms with Crippen molar-refractivity contribution in [1.82, 2.24) is 0 Å². The van der Waals surface area contributed by atoms with Crippen molar-refractivity contribution in [1.29, 1.82) is 0 Å². The Bertz CT molecular complexity index is 537. The summed E-state index contributed by atoms with van der Waals surface area (Å²) in [6.45, 7) is 1.99. The van der Waals surface area contributed by atoms with Crippen LogP contribution in [0.2, 0.25) is 0 Å². The third-order valence-electron chi connectivity index (χ3n) is 2.88. The van der Waals surface area contributed by atoms with Gasteiger partial charge in [0.1, 0.15) is 0 Å². The number of hydrogen-bond acceptors (Lipinski definition) is 1. The molecule has 0 amide bonds. The number of terminal acetylenes is 1. The molecule has 1 heteroatoms. The monoisotopic (exact) mass is 235 g/mol. The predicted octanol–water partition coefficient (Wildman–Crippen LogP) is 3.71. The number of hydrogen-bond donors (Lipinski definition) is 1. The first kappa shape index (κ1) is 12.3. The summed E-state index contributed by atoms with van der Waals surface area (Å²) in [6, 6.07) is 18.8. The lowest BCUT2D eigenvalue weighted by molar-refractivity contribution is 1.02. The largest absolute Gasteiger partial charge is 0.372 e. The Morgan fingerprint density at radius 3 is 2.44 bits per heavy atom. The zero-order valence-corrected chi connectivity index (χ0v) is 10.6. The standard InChI is InChI=1S/C17H17N/c1-3-14(2)18-17-12-8-7-11-16(17)13-15-9-5-4-6-10-15/h1,4-12,14,18H,13H2,2H3.